The molecule has 98 valence electrons. The Hall–Kier alpha value is -1.46. The van der Waals surface area contributed by atoms with Gasteiger partial charge in [0.1, 0.15) is 0 Å². The maximum Gasteiger partial charge on any atom is 0.181 e. The van der Waals surface area contributed by atoms with Crippen molar-refractivity contribution < 1.29 is 13.9 Å². The van der Waals surface area contributed by atoms with Gasteiger partial charge in [-0.15, -0.1) is 0 Å². The van der Waals surface area contributed by atoms with E-state index in [1.807, 2.05) is 11.9 Å². The van der Waals surface area contributed by atoms with E-state index in [1.165, 1.54) is 19.2 Å². The van der Waals surface area contributed by atoms with Crippen LogP contribution in [0.4, 0.5) is 4.39 Å². The second kappa shape index (κ2) is 5.46. The fourth-order valence-electron chi connectivity index (χ4n) is 2.11. The lowest BCUT2D eigenvalue weighted by Crippen LogP contribution is -2.53. The van der Waals surface area contributed by atoms with E-state index >= 15 is 0 Å². The highest BCUT2D eigenvalue weighted by atomic mass is 19.1. The van der Waals surface area contributed by atoms with E-state index in [0.717, 1.165) is 13.1 Å². The zero-order valence-electron chi connectivity index (χ0n) is 10.6. The van der Waals surface area contributed by atoms with Crippen molar-refractivity contribution in [2.24, 2.45) is 0 Å². The predicted molar refractivity (Wildman–Crippen MR) is 66.6 cm³/mol. The number of methoxy groups -OCH3 is 1. The van der Waals surface area contributed by atoms with Crippen LogP contribution in [-0.4, -0.2) is 50.5 Å². The van der Waals surface area contributed by atoms with Crippen molar-refractivity contribution in [3.63, 3.8) is 0 Å². The number of ether oxygens (including phenoxy) is 1. The Bertz CT molecular complexity index is 451. The molecule has 1 aromatic rings. The first-order chi connectivity index (χ1) is 8.63. The van der Waals surface area contributed by atoms with Crippen LogP contribution in [0.2, 0.25) is 0 Å². The number of piperazine rings is 1. The molecule has 1 N–H and O–H groups in total. The summed E-state index contributed by atoms with van der Waals surface area (Å²) >= 11 is 0. The molecule has 1 heterocycles. The molecule has 0 radical (unpaired) electrons. The molecule has 1 atom stereocenters. The first-order valence-corrected chi connectivity index (χ1v) is 5.92. The molecular weight excluding hydrogens is 235 g/mol. The number of Topliss-reactive ketones (excluding diaryl/α,β-unsaturated/α-hetero) is 1. The highest BCUT2D eigenvalue weighted by Gasteiger charge is 2.27. The van der Waals surface area contributed by atoms with Crippen molar-refractivity contribution in [2.45, 2.75) is 6.04 Å². The van der Waals surface area contributed by atoms with Crippen molar-refractivity contribution in [1.82, 2.24) is 10.2 Å². The Morgan fingerprint density at radius 2 is 2.33 bits per heavy atom. The average molecular weight is 252 g/mol. The Kier molecular flexibility index (Phi) is 3.93. The first kappa shape index (κ1) is 13.0. The van der Waals surface area contributed by atoms with Crippen LogP contribution in [0, 0.1) is 5.82 Å². The van der Waals surface area contributed by atoms with Gasteiger partial charge in [0.15, 0.2) is 17.3 Å². The topological polar surface area (TPSA) is 41.6 Å². The van der Waals surface area contributed by atoms with Crippen LogP contribution >= 0.6 is 0 Å². The van der Waals surface area contributed by atoms with Gasteiger partial charge in [0.25, 0.3) is 0 Å². The number of carbonyl (C=O) groups excluding carboxylic acids is 1. The summed E-state index contributed by atoms with van der Waals surface area (Å²) in [6.07, 6.45) is 0. The van der Waals surface area contributed by atoms with Gasteiger partial charge in [0.2, 0.25) is 0 Å². The van der Waals surface area contributed by atoms with E-state index in [1.54, 1.807) is 6.07 Å². The Labute approximate surface area is 106 Å². The van der Waals surface area contributed by atoms with Gasteiger partial charge >= 0.3 is 0 Å². The van der Waals surface area contributed by atoms with Crippen LogP contribution in [0.3, 0.4) is 0 Å². The summed E-state index contributed by atoms with van der Waals surface area (Å²) in [5, 5.41) is 3.17. The third-order valence-corrected chi connectivity index (χ3v) is 3.25. The molecule has 1 aliphatic heterocycles. The highest BCUT2D eigenvalue weighted by Crippen LogP contribution is 2.19. The molecule has 2 rings (SSSR count). The van der Waals surface area contributed by atoms with E-state index in [4.69, 9.17) is 4.74 Å². The van der Waals surface area contributed by atoms with Crippen LogP contribution in [0.15, 0.2) is 18.2 Å². The fourth-order valence-corrected chi connectivity index (χ4v) is 2.11. The van der Waals surface area contributed by atoms with Crippen molar-refractivity contribution in [2.75, 3.05) is 33.8 Å². The number of hydrogen-bond acceptors (Lipinski definition) is 4. The largest absolute Gasteiger partial charge is 0.494 e. The van der Waals surface area contributed by atoms with Gasteiger partial charge in [-0.1, -0.05) is 0 Å². The zero-order chi connectivity index (χ0) is 13.1. The molecular formula is C13H17FN2O2. The molecule has 0 saturated carbocycles. The summed E-state index contributed by atoms with van der Waals surface area (Å²) < 4.78 is 18.4. The molecule has 0 amide bonds. The fraction of sp³-hybridized carbons (Fsp3) is 0.462. The Morgan fingerprint density at radius 3 is 2.94 bits per heavy atom. The van der Waals surface area contributed by atoms with E-state index in [0.29, 0.717) is 12.1 Å². The summed E-state index contributed by atoms with van der Waals surface area (Å²) in [5.74, 6) is -0.414. The molecule has 0 aromatic heterocycles. The molecule has 1 saturated heterocycles. The van der Waals surface area contributed by atoms with Crippen LogP contribution < -0.4 is 10.1 Å². The average Bonchev–Trinajstić information content (AvgIpc) is 2.38. The van der Waals surface area contributed by atoms with Gasteiger partial charge < -0.3 is 10.1 Å². The number of nitrogens with one attached hydrogen (secondary N) is 1. The quantitative estimate of drug-likeness (QED) is 0.812. The zero-order valence-corrected chi connectivity index (χ0v) is 10.6. The van der Waals surface area contributed by atoms with Crippen LogP contribution in [-0.2, 0) is 0 Å². The molecule has 0 bridgehead atoms. The number of nitrogens with zero attached hydrogens (tertiary/aromatic N) is 1. The van der Waals surface area contributed by atoms with Crippen LogP contribution in [0.1, 0.15) is 10.4 Å². The van der Waals surface area contributed by atoms with E-state index in [2.05, 4.69) is 5.32 Å². The molecule has 4 nitrogen and oxygen atoms in total. The normalized spacial score (nSPS) is 20.7. The number of benzene rings is 1. The standard InChI is InChI=1S/C13H17FN2O2/c1-16-6-5-15-8-11(16)13(17)9-3-4-12(18-2)10(14)7-9/h3-4,7,11,15H,5-6,8H2,1-2H3. The van der Waals surface area contributed by atoms with Gasteiger partial charge in [-0.3, -0.25) is 9.69 Å². The Balaban J connectivity index is 2.20. The maximum absolute atomic E-state index is 13.6. The minimum atomic E-state index is -0.505. The minimum absolute atomic E-state index is 0.0637. The van der Waals surface area contributed by atoms with Gasteiger partial charge in [-0.2, -0.15) is 0 Å². The number of halogens is 1. The van der Waals surface area contributed by atoms with Gasteiger partial charge in [-0.05, 0) is 25.2 Å². The lowest BCUT2D eigenvalue weighted by Gasteiger charge is -2.31. The summed E-state index contributed by atoms with van der Waals surface area (Å²) in [5.41, 5.74) is 0.383. The summed E-state index contributed by atoms with van der Waals surface area (Å²) in [7, 11) is 3.31. The summed E-state index contributed by atoms with van der Waals surface area (Å²) in [4.78, 5) is 14.3. The lowest BCUT2D eigenvalue weighted by atomic mass is 10.0. The van der Waals surface area contributed by atoms with Crippen molar-refractivity contribution in [1.29, 1.82) is 0 Å². The highest BCUT2D eigenvalue weighted by molar-refractivity contribution is 6.00. The summed E-state index contributed by atoms with van der Waals surface area (Å²) in [6, 6.07) is 4.10. The molecule has 0 spiro atoms. The monoisotopic (exact) mass is 252 g/mol. The van der Waals surface area contributed by atoms with Crippen LogP contribution in [0.5, 0.6) is 5.75 Å². The SMILES string of the molecule is COc1ccc(C(=O)C2CNCCN2C)cc1F. The Morgan fingerprint density at radius 1 is 1.56 bits per heavy atom. The second-order valence-corrected chi connectivity index (χ2v) is 4.41. The van der Waals surface area contributed by atoms with Gasteiger partial charge in [0, 0.05) is 25.2 Å². The maximum atomic E-state index is 13.6. The molecule has 0 aliphatic carbocycles. The van der Waals surface area contributed by atoms with Crippen LogP contribution in [0.25, 0.3) is 0 Å². The number of hydrogen-bond donors (Lipinski definition) is 1. The van der Waals surface area contributed by atoms with E-state index in [9.17, 15) is 9.18 Å². The van der Waals surface area contributed by atoms with Gasteiger partial charge in [-0.25, -0.2) is 4.39 Å². The van der Waals surface area contributed by atoms with Crippen molar-refractivity contribution in [3.05, 3.63) is 29.6 Å². The van der Waals surface area contributed by atoms with Crippen molar-refractivity contribution in [3.8, 4) is 5.75 Å². The lowest BCUT2D eigenvalue weighted by molar-refractivity contribution is 0.0819. The smallest absolute Gasteiger partial charge is 0.181 e. The molecule has 1 aromatic carbocycles. The third-order valence-electron chi connectivity index (χ3n) is 3.25. The molecule has 5 heteroatoms. The number of carbonyl (C=O) groups is 1. The molecule has 1 aliphatic rings. The molecule has 18 heavy (non-hydrogen) atoms. The summed E-state index contributed by atoms with van der Waals surface area (Å²) in [6.45, 7) is 2.29. The second-order valence-electron chi connectivity index (χ2n) is 4.41. The first-order valence-electron chi connectivity index (χ1n) is 5.92. The number of likely N-dealkylation sites (N-methyl/N-ethyl adjacent to an activating group) is 1. The number of ketones is 1. The van der Waals surface area contributed by atoms with E-state index in [-0.39, 0.29) is 17.6 Å². The third kappa shape index (κ3) is 2.52. The van der Waals surface area contributed by atoms with Crippen molar-refractivity contribution >= 4 is 5.78 Å². The molecule has 1 unspecified atom stereocenters. The number of rotatable bonds is 3. The molecule has 1 fully saturated rings. The minimum Gasteiger partial charge on any atom is -0.494 e. The van der Waals surface area contributed by atoms with Gasteiger partial charge in [0.05, 0.1) is 13.2 Å². The predicted octanol–water partition coefficient (Wildman–Crippen LogP) is 0.921. The van der Waals surface area contributed by atoms with E-state index < -0.39 is 5.82 Å².